The van der Waals surface area contributed by atoms with Crippen LogP contribution in [0, 0.1) is 27.9 Å². The minimum atomic E-state index is -1.48. The second-order valence-corrected chi connectivity index (χ2v) is 19.2. The maximum absolute atomic E-state index is 14.5. The minimum Gasteiger partial charge on any atom is -0.459 e. The van der Waals surface area contributed by atoms with E-state index in [2.05, 4.69) is 24.9 Å². The zero-order valence-electron chi connectivity index (χ0n) is 41.9. The molecule has 3 aromatic carbocycles. The van der Waals surface area contributed by atoms with E-state index in [4.69, 9.17) is 24.2 Å². The first-order valence-electron chi connectivity index (χ1n) is 26.0. The van der Waals surface area contributed by atoms with Crippen molar-refractivity contribution in [2.24, 2.45) is 22.9 Å². The van der Waals surface area contributed by atoms with Crippen LogP contribution in [0.4, 0.5) is 10.5 Å². The van der Waals surface area contributed by atoms with Crippen molar-refractivity contribution < 1.29 is 43.8 Å². The average molecular weight is 977 g/mol. The normalized spacial score (nSPS) is 21.7. The molecule has 14 heteroatoms. The van der Waals surface area contributed by atoms with Crippen LogP contribution in [0.1, 0.15) is 139 Å². The van der Waals surface area contributed by atoms with E-state index in [9.17, 15) is 29.9 Å². The third-order valence-electron chi connectivity index (χ3n) is 14.2. The number of aliphatic hydroxyl groups is 2. The van der Waals surface area contributed by atoms with Crippen molar-refractivity contribution in [2.75, 3.05) is 33.4 Å². The summed E-state index contributed by atoms with van der Waals surface area (Å²) in [5, 5.41) is 39.1. The van der Waals surface area contributed by atoms with Crippen molar-refractivity contribution in [1.29, 1.82) is 0 Å². The molecule has 0 saturated heterocycles. The van der Waals surface area contributed by atoms with Crippen LogP contribution in [0.2, 0.25) is 0 Å². The maximum atomic E-state index is 14.5. The molecular formula is C57H76N4O10. The molecule has 14 nitrogen and oxygen atoms in total. The number of fused-ring (bicyclic) bond motifs is 2. The zero-order chi connectivity index (χ0) is 50.4. The molecule has 3 aromatic rings. The lowest BCUT2D eigenvalue weighted by molar-refractivity contribution is -0.384. The summed E-state index contributed by atoms with van der Waals surface area (Å²) < 4.78 is 20.3. The monoisotopic (exact) mass is 977 g/mol. The van der Waals surface area contributed by atoms with E-state index in [1.54, 1.807) is 42.3 Å². The lowest BCUT2D eigenvalue weighted by atomic mass is 9.55. The third kappa shape index (κ3) is 14.9. The molecule has 71 heavy (non-hydrogen) atoms. The molecule has 1 heterocycles. The highest BCUT2D eigenvalue weighted by Gasteiger charge is 2.65. The van der Waals surface area contributed by atoms with Crippen molar-refractivity contribution in [1.82, 2.24) is 10.2 Å². The Morgan fingerprint density at radius 3 is 2.28 bits per heavy atom. The summed E-state index contributed by atoms with van der Waals surface area (Å²) in [6.07, 6.45) is 22.9. The van der Waals surface area contributed by atoms with E-state index >= 15 is 0 Å². The number of hydrogen-bond donors (Lipinski definition) is 3. The number of oxime groups is 1. The number of hydrogen-bond acceptors (Lipinski definition) is 11. The number of non-ortho nitro benzene ring substituents is 1. The number of carbonyl (C=O) groups excluding carboxylic acids is 2. The molecule has 6 atom stereocenters. The van der Waals surface area contributed by atoms with Gasteiger partial charge < -0.3 is 39.5 Å². The van der Waals surface area contributed by atoms with Crippen LogP contribution in [-0.4, -0.2) is 83.0 Å². The van der Waals surface area contributed by atoms with E-state index in [1.807, 2.05) is 42.5 Å². The first kappa shape index (κ1) is 54.5. The maximum Gasteiger partial charge on any atom is 0.412 e. The summed E-state index contributed by atoms with van der Waals surface area (Å²) in [6, 6.07) is 20.4. The van der Waals surface area contributed by atoms with Gasteiger partial charge in [-0.15, -0.1) is 6.58 Å². The average Bonchev–Trinajstić information content (AvgIpc) is 3.38. The van der Waals surface area contributed by atoms with Gasteiger partial charge in [0.05, 0.1) is 23.2 Å². The van der Waals surface area contributed by atoms with Crippen molar-refractivity contribution in [3.05, 3.63) is 130 Å². The van der Waals surface area contributed by atoms with Gasteiger partial charge in [0.2, 0.25) is 11.7 Å². The molecule has 3 aliphatic rings. The molecule has 0 spiro atoms. The van der Waals surface area contributed by atoms with Gasteiger partial charge in [-0.25, -0.2) is 4.79 Å². The molecule has 1 saturated carbocycles. The van der Waals surface area contributed by atoms with E-state index in [-0.39, 0.29) is 62.2 Å². The Morgan fingerprint density at radius 1 is 0.915 bits per heavy atom. The van der Waals surface area contributed by atoms with Crippen LogP contribution in [0.25, 0.3) is 6.08 Å². The van der Waals surface area contributed by atoms with Crippen LogP contribution in [0.15, 0.2) is 108 Å². The summed E-state index contributed by atoms with van der Waals surface area (Å²) in [4.78, 5) is 46.5. The number of benzene rings is 3. The van der Waals surface area contributed by atoms with Crippen LogP contribution >= 0.6 is 0 Å². The number of ether oxygens (including phenoxy) is 3. The van der Waals surface area contributed by atoms with E-state index in [0.29, 0.717) is 42.2 Å². The first-order chi connectivity index (χ1) is 34.6. The number of carbonyl (C=O) groups is 2. The number of nitrogens with zero attached hydrogens (tertiary/aromatic N) is 3. The second-order valence-electron chi connectivity index (χ2n) is 19.2. The largest absolute Gasteiger partial charge is 0.459 e. The van der Waals surface area contributed by atoms with Crippen molar-refractivity contribution in [2.45, 2.75) is 140 Å². The topological polar surface area (TPSA) is 182 Å². The van der Waals surface area contributed by atoms with Gasteiger partial charge in [-0.05, 0) is 97.0 Å². The predicted molar refractivity (Wildman–Crippen MR) is 277 cm³/mol. The third-order valence-corrected chi connectivity index (χ3v) is 14.2. The molecule has 2 aliphatic carbocycles. The summed E-state index contributed by atoms with van der Waals surface area (Å²) in [5.74, 6) is -1.85. The Bertz CT molecular complexity index is 2270. The fraction of sp³-hybridized carbons (Fsp3) is 0.526. The summed E-state index contributed by atoms with van der Waals surface area (Å²) in [6.45, 7) is 7.18. The molecular weight excluding hydrogens is 901 g/mol. The fourth-order valence-corrected chi connectivity index (χ4v) is 10.6. The van der Waals surface area contributed by atoms with Gasteiger partial charge in [0.15, 0.2) is 0 Å². The molecule has 6 rings (SSSR count). The van der Waals surface area contributed by atoms with Crippen LogP contribution < -0.4 is 14.8 Å². The van der Waals surface area contributed by atoms with Gasteiger partial charge in [0, 0.05) is 62.9 Å². The smallest absolute Gasteiger partial charge is 0.412 e. The van der Waals surface area contributed by atoms with Gasteiger partial charge in [0.1, 0.15) is 24.1 Å². The highest BCUT2D eigenvalue weighted by Crippen LogP contribution is 2.62. The van der Waals surface area contributed by atoms with E-state index in [0.717, 1.165) is 61.6 Å². The van der Waals surface area contributed by atoms with Crippen molar-refractivity contribution in [3.63, 3.8) is 0 Å². The zero-order valence-corrected chi connectivity index (χ0v) is 41.9. The van der Waals surface area contributed by atoms with Crippen molar-refractivity contribution in [3.8, 4) is 11.5 Å². The Balaban J connectivity index is 1.37. The molecule has 2 amide bonds. The highest BCUT2D eigenvalue weighted by atomic mass is 16.7. The molecule has 1 aliphatic heterocycles. The fourth-order valence-electron chi connectivity index (χ4n) is 10.6. The number of amides is 2. The molecule has 0 radical (unpaired) electrons. The standard InChI is InChI=1S/C57H76N4O10/c1-4-6-7-8-9-10-11-12-13-19-34-58-56(65)70-46-31-32-51-49(39-46)54-47(25-18-21-36-63)44(24-17-20-35-62)38-48-50(59-69-41-43-22-15-14-16-23-43)40-52(57(71-51,55(48)54)68-37-5-2)60(3)53(64)33-28-42-26-29-45(30-27-42)61(66)67/h5,14-16,22-23,26-33,38-39,44,47,52,54-55,62-63H,2,4,6-13,17-21,24-25,34-37,40-41H2,1,3H3,(H,58,65)/t44-,47+,52-,54+,55+,57+/m0/s1. The summed E-state index contributed by atoms with van der Waals surface area (Å²) in [7, 11) is 1.71. The van der Waals surface area contributed by atoms with Gasteiger partial charge in [-0.3, -0.25) is 14.9 Å². The second kappa shape index (κ2) is 28.3. The van der Waals surface area contributed by atoms with Gasteiger partial charge in [0.25, 0.3) is 5.69 Å². The Labute approximate surface area is 420 Å². The van der Waals surface area contributed by atoms with E-state index in [1.165, 1.54) is 63.2 Å². The predicted octanol–water partition coefficient (Wildman–Crippen LogP) is 11.6. The Morgan fingerprint density at radius 2 is 1.61 bits per heavy atom. The highest BCUT2D eigenvalue weighted by molar-refractivity contribution is 6.03. The molecule has 3 N–H and O–H groups in total. The first-order valence-corrected chi connectivity index (χ1v) is 26.0. The SMILES string of the molecule is C=CCO[C@@]12Oc3ccc(OC(=O)NCCCCCCCCCCCC)cc3[C@H]3[C@H](CCCCO)[C@@H](CCCCO)C=C(C(=NOCc4ccccc4)C[C@@H]1N(C)C(=O)C=Cc1ccc([N+](=O)[O-])cc1)[C@H]32. The quantitative estimate of drug-likeness (QED) is 0.0191. The number of unbranched alkanes of at least 4 members (excludes halogenated alkanes) is 11. The van der Waals surface area contributed by atoms with Crippen LogP contribution in [-0.2, 0) is 21.0 Å². The molecule has 384 valence electrons. The number of likely N-dealkylation sites (N-methyl/N-ethyl adjacent to an activating group) is 1. The molecule has 0 bridgehead atoms. The number of nitrogens with one attached hydrogen (secondary N) is 1. The number of allylic oxidation sites excluding steroid dienone is 1. The van der Waals surface area contributed by atoms with Crippen molar-refractivity contribution >= 4 is 29.5 Å². The van der Waals surface area contributed by atoms with E-state index < -0.39 is 28.8 Å². The molecule has 0 unspecified atom stereocenters. The number of aliphatic hydroxyl groups excluding tert-OH is 2. The van der Waals surface area contributed by atoms with Gasteiger partial charge >= 0.3 is 6.09 Å². The van der Waals surface area contributed by atoms with Gasteiger partial charge in [-0.2, -0.15) is 0 Å². The number of rotatable bonds is 30. The Hall–Kier alpha value is -5.83. The number of nitro groups is 1. The lowest BCUT2D eigenvalue weighted by Gasteiger charge is -2.59. The van der Waals surface area contributed by atoms with Gasteiger partial charge in [-0.1, -0.05) is 125 Å². The number of nitro benzene ring substituents is 1. The minimum absolute atomic E-state index is 0.00773. The van der Waals surface area contributed by atoms with Crippen LogP contribution in [0.3, 0.4) is 0 Å². The summed E-state index contributed by atoms with van der Waals surface area (Å²) >= 11 is 0. The lowest BCUT2D eigenvalue weighted by Crippen LogP contribution is -2.69. The Kier molecular flexibility index (Phi) is 21.7. The molecule has 1 fully saturated rings. The molecule has 0 aromatic heterocycles. The van der Waals surface area contributed by atoms with Crippen LogP contribution in [0.5, 0.6) is 11.5 Å². The summed E-state index contributed by atoms with van der Waals surface area (Å²) in [5.41, 5.74) is 3.85.